The predicted molar refractivity (Wildman–Crippen MR) is 81.3 cm³/mol. The number of primary amides is 1. The number of ether oxygens (including phenoxy) is 2. The van der Waals surface area contributed by atoms with Crippen LogP contribution < -0.4 is 15.2 Å². The summed E-state index contributed by atoms with van der Waals surface area (Å²) in [7, 11) is 3.29. The van der Waals surface area contributed by atoms with Crippen LogP contribution in [-0.4, -0.2) is 37.6 Å². The average Bonchev–Trinajstić information content (AvgIpc) is 2.49. The lowest BCUT2D eigenvalue weighted by Gasteiger charge is -2.37. The summed E-state index contributed by atoms with van der Waals surface area (Å²) in [5, 5.41) is 0. The number of methoxy groups -OCH3 is 2. The Hall–Kier alpha value is -1.75. The molecule has 1 amide bonds. The molecule has 1 aromatic carbocycles. The number of piperidine rings is 1. The largest absolute Gasteiger partial charge is 0.497 e. The zero-order valence-corrected chi connectivity index (χ0v) is 13.0. The minimum Gasteiger partial charge on any atom is -0.497 e. The molecular formula is C16H24N2O3. The summed E-state index contributed by atoms with van der Waals surface area (Å²) in [6.45, 7) is 3.65. The van der Waals surface area contributed by atoms with E-state index in [2.05, 4.69) is 11.8 Å². The molecular weight excluding hydrogens is 268 g/mol. The molecule has 1 fully saturated rings. The molecule has 1 aromatic rings. The second-order valence-electron chi connectivity index (χ2n) is 5.63. The van der Waals surface area contributed by atoms with E-state index in [9.17, 15) is 4.79 Å². The molecule has 0 saturated carbocycles. The minimum atomic E-state index is -0.200. The highest BCUT2D eigenvalue weighted by Crippen LogP contribution is 2.29. The summed E-state index contributed by atoms with van der Waals surface area (Å²) in [5.41, 5.74) is 6.55. The molecule has 2 atom stereocenters. The molecule has 0 bridgehead atoms. The van der Waals surface area contributed by atoms with Gasteiger partial charge in [-0.3, -0.25) is 9.69 Å². The number of carbonyl (C=O) groups is 1. The van der Waals surface area contributed by atoms with Crippen molar-refractivity contribution in [2.45, 2.75) is 32.4 Å². The number of hydrogen-bond donors (Lipinski definition) is 1. The Morgan fingerprint density at radius 3 is 2.71 bits per heavy atom. The van der Waals surface area contributed by atoms with Gasteiger partial charge >= 0.3 is 0 Å². The second-order valence-corrected chi connectivity index (χ2v) is 5.63. The highest BCUT2D eigenvalue weighted by Gasteiger charge is 2.29. The fraction of sp³-hybridized carbons (Fsp3) is 0.562. The third kappa shape index (κ3) is 3.67. The van der Waals surface area contributed by atoms with Gasteiger partial charge in [0.2, 0.25) is 5.91 Å². The lowest BCUT2D eigenvalue weighted by molar-refractivity contribution is -0.124. The van der Waals surface area contributed by atoms with Crippen LogP contribution in [0.5, 0.6) is 11.5 Å². The van der Waals surface area contributed by atoms with Crippen LogP contribution in [0.2, 0.25) is 0 Å². The molecule has 0 spiro atoms. The first-order chi connectivity index (χ1) is 10.0. The molecule has 2 N–H and O–H groups in total. The van der Waals surface area contributed by atoms with Crippen molar-refractivity contribution in [1.82, 2.24) is 4.90 Å². The number of rotatable bonds is 5. The SMILES string of the molecule is COc1ccc(CN2C[C@@H](C(N)=O)CC[C@H]2C)c(OC)c1. The summed E-state index contributed by atoms with van der Waals surface area (Å²) < 4.78 is 10.7. The maximum Gasteiger partial charge on any atom is 0.221 e. The van der Waals surface area contributed by atoms with Crippen LogP contribution in [0.3, 0.4) is 0 Å². The van der Waals surface area contributed by atoms with Gasteiger partial charge in [0.05, 0.1) is 20.1 Å². The van der Waals surface area contributed by atoms with E-state index in [0.717, 1.165) is 36.4 Å². The zero-order valence-electron chi connectivity index (χ0n) is 13.0. The first-order valence-electron chi connectivity index (χ1n) is 7.29. The average molecular weight is 292 g/mol. The molecule has 1 heterocycles. The molecule has 2 rings (SSSR count). The van der Waals surface area contributed by atoms with E-state index in [-0.39, 0.29) is 11.8 Å². The highest BCUT2D eigenvalue weighted by atomic mass is 16.5. The number of hydrogen-bond acceptors (Lipinski definition) is 4. The molecule has 1 aliphatic rings. The van der Waals surface area contributed by atoms with E-state index in [1.54, 1.807) is 14.2 Å². The van der Waals surface area contributed by atoms with Gasteiger partial charge < -0.3 is 15.2 Å². The second kappa shape index (κ2) is 6.80. The maximum absolute atomic E-state index is 11.4. The third-order valence-corrected chi connectivity index (χ3v) is 4.28. The number of benzene rings is 1. The first-order valence-corrected chi connectivity index (χ1v) is 7.29. The van der Waals surface area contributed by atoms with E-state index >= 15 is 0 Å². The molecule has 0 radical (unpaired) electrons. The normalized spacial score (nSPS) is 22.8. The Morgan fingerprint density at radius 2 is 2.10 bits per heavy atom. The third-order valence-electron chi connectivity index (χ3n) is 4.28. The number of likely N-dealkylation sites (tertiary alicyclic amines) is 1. The van der Waals surface area contributed by atoms with Crippen molar-refractivity contribution in [3.8, 4) is 11.5 Å². The summed E-state index contributed by atoms with van der Waals surface area (Å²) in [4.78, 5) is 13.7. The molecule has 21 heavy (non-hydrogen) atoms. The Balaban J connectivity index is 2.14. The van der Waals surface area contributed by atoms with E-state index in [4.69, 9.17) is 15.2 Å². The van der Waals surface area contributed by atoms with Gasteiger partial charge in [0.1, 0.15) is 11.5 Å². The van der Waals surface area contributed by atoms with E-state index in [1.807, 2.05) is 18.2 Å². The fourth-order valence-electron chi connectivity index (χ4n) is 2.83. The van der Waals surface area contributed by atoms with Gasteiger partial charge in [0.25, 0.3) is 0 Å². The van der Waals surface area contributed by atoms with E-state index < -0.39 is 0 Å². The standard InChI is InChI=1S/C16H24N2O3/c1-11-4-5-13(16(17)19)10-18(11)9-12-6-7-14(20-2)8-15(12)21-3/h6-8,11,13H,4-5,9-10H2,1-3H3,(H2,17,19)/t11-,13+/m1/s1. The van der Waals surface area contributed by atoms with Crippen molar-refractivity contribution in [2.24, 2.45) is 11.7 Å². The number of amides is 1. The number of nitrogens with two attached hydrogens (primary N) is 1. The molecule has 0 aliphatic carbocycles. The van der Waals surface area contributed by atoms with Crippen LogP contribution in [0, 0.1) is 5.92 Å². The topological polar surface area (TPSA) is 64.8 Å². The van der Waals surface area contributed by atoms with Gasteiger partial charge in [-0.25, -0.2) is 0 Å². The lowest BCUT2D eigenvalue weighted by Crippen LogP contribution is -2.45. The predicted octanol–water partition coefficient (Wildman–Crippen LogP) is 1.79. The van der Waals surface area contributed by atoms with Crippen LogP contribution >= 0.6 is 0 Å². The van der Waals surface area contributed by atoms with Gasteiger partial charge in [-0.05, 0) is 25.8 Å². The first kappa shape index (κ1) is 15.6. The molecule has 5 nitrogen and oxygen atoms in total. The van der Waals surface area contributed by atoms with Crippen molar-refractivity contribution >= 4 is 5.91 Å². The van der Waals surface area contributed by atoms with Crippen LogP contribution in [0.25, 0.3) is 0 Å². The number of nitrogens with zero attached hydrogens (tertiary/aromatic N) is 1. The van der Waals surface area contributed by atoms with Crippen molar-refractivity contribution < 1.29 is 14.3 Å². The Labute approximate surface area is 126 Å². The summed E-state index contributed by atoms with van der Waals surface area (Å²) in [6, 6.07) is 6.26. The number of carbonyl (C=O) groups excluding carboxylic acids is 1. The van der Waals surface area contributed by atoms with Gasteiger partial charge in [0.15, 0.2) is 0 Å². The Kier molecular flexibility index (Phi) is 5.07. The maximum atomic E-state index is 11.4. The summed E-state index contributed by atoms with van der Waals surface area (Å²) in [6.07, 6.45) is 1.87. The molecule has 1 saturated heterocycles. The van der Waals surface area contributed by atoms with Gasteiger partial charge in [-0.2, -0.15) is 0 Å². The summed E-state index contributed by atoms with van der Waals surface area (Å²) >= 11 is 0. The molecule has 0 aromatic heterocycles. The van der Waals surface area contributed by atoms with Gasteiger partial charge in [-0.15, -0.1) is 0 Å². The highest BCUT2D eigenvalue weighted by molar-refractivity contribution is 5.77. The monoisotopic (exact) mass is 292 g/mol. The molecule has 0 unspecified atom stereocenters. The van der Waals surface area contributed by atoms with E-state index in [1.165, 1.54) is 0 Å². The van der Waals surface area contributed by atoms with Crippen LogP contribution in [0.15, 0.2) is 18.2 Å². The van der Waals surface area contributed by atoms with Crippen molar-refractivity contribution in [3.05, 3.63) is 23.8 Å². The quantitative estimate of drug-likeness (QED) is 0.898. The van der Waals surface area contributed by atoms with Crippen molar-refractivity contribution in [1.29, 1.82) is 0 Å². The summed E-state index contributed by atoms with van der Waals surface area (Å²) in [5.74, 6) is 1.33. The van der Waals surface area contributed by atoms with Gasteiger partial charge in [0, 0.05) is 30.8 Å². The van der Waals surface area contributed by atoms with Crippen LogP contribution in [0.1, 0.15) is 25.3 Å². The van der Waals surface area contributed by atoms with Gasteiger partial charge in [-0.1, -0.05) is 6.07 Å². The molecule has 5 heteroatoms. The molecule has 1 aliphatic heterocycles. The van der Waals surface area contributed by atoms with E-state index in [0.29, 0.717) is 12.6 Å². The minimum absolute atomic E-state index is 0.0505. The zero-order chi connectivity index (χ0) is 15.4. The molecule has 116 valence electrons. The van der Waals surface area contributed by atoms with Crippen molar-refractivity contribution in [3.63, 3.8) is 0 Å². The smallest absolute Gasteiger partial charge is 0.221 e. The Morgan fingerprint density at radius 1 is 1.33 bits per heavy atom. The lowest BCUT2D eigenvalue weighted by atomic mass is 9.92. The van der Waals surface area contributed by atoms with Crippen LogP contribution in [0.4, 0.5) is 0 Å². The Bertz CT molecular complexity index is 504. The van der Waals surface area contributed by atoms with Crippen molar-refractivity contribution in [2.75, 3.05) is 20.8 Å². The van der Waals surface area contributed by atoms with Crippen LogP contribution in [-0.2, 0) is 11.3 Å². The fourth-order valence-corrected chi connectivity index (χ4v) is 2.83.